The van der Waals surface area contributed by atoms with Gasteiger partial charge in [0.1, 0.15) is 5.69 Å². The summed E-state index contributed by atoms with van der Waals surface area (Å²) < 4.78 is 1.96. The van der Waals surface area contributed by atoms with Crippen LogP contribution in [0.15, 0.2) is 24.9 Å². The van der Waals surface area contributed by atoms with Gasteiger partial charge in [0, 0.05) is 13.2 Å². The van der Waals surface area contributed by atoms with Crippen LogP contribution >= 0.6 is 0 Å². The van der Waals surface area contributed by atoms with Gasteiger partial charge in [-0.3, -0.25) is 4.98 Å². The number of aryl methyl sites for hydroxylation is 1. The van der Waals surface area contributed by atoms with Gasteiger partial charge in [-0.05, 0) is 31.8 Å². The van der Waals surface area contributed by atoms with Gasteiger partial charge in [0.05, 0.1) is 30.1 Å². The summed E-state index contributed by atoms with van der Waals surface area (Å²) in [6, 6.07) is 0. The minimum absolute atomic E-state index is 0.695. The molecule has 5 heteroatoms. The van der Waals surface area contributed by atoms with Crippen LogP contribution in [0.5, 0.6) is 0 Å². The Morgan fingerprint density at radius 1 is 1.33 bits per heavy atom. The topological polar surface area (TPSA) is 55.6 Å². The lowest BCUT2D eigenvalue weighted by atomic mass is 10.0. The Balaban J connectivity index is 1.82. The lowest BCUT2D eigenvalue weighted by Gasteiger charge is -2.08. The van der Waals surface area contributed by atoms with Crippen LogP contribution in [0.1, 0.15) is 12.1 Å². The van der Waals surface area contributed by atoms with Crippen molar-refractivity contribution < 1.29 is 0 Å². The SMILES string of the molecule is Cn1cncc1-c1cncc(C[C@H]2CCNC2)n1. The van der Waals surface area contributed by atoms with Gasteiger partial charge in [0.15, 0.2) is 0 Å². The van der Waals surface area contributed by atoms with E-state index in [0.717, 1.165) is 36.6 Å². The zero-order valence-corrected chi connectivity index (χ0v) is 10.5. The monoisotopic (exact) mass is 243 g/mol. The zero-order valence-electron chi connectivity index (χ0n) is 10.5. The molecule has 2 aromatic heterocycles. The second-order valence-electron chi connectivity index (χ2n) is 4.85. The van der Waals surface area contributed by atoms with E-state index in [-0.39, 0.29) is 0 Å². The van der Waals surface area contributed by atoms with Crippen LogP contribution in [0.2, 0.25) is 0 Å². The van der Waals surface area contributed by atoms with Crippen LogP contribution in [0.25, 0.3) is 11.4 Å². The van der Waals surface area contributed by atoms with E-state index < -0.39 is 0 Å². The summed E-state index contributed by atoms with van der Waals surface area (Å²) in [5, 5.41) is 3.38. The van der Waals surface area contributed by atoms with E-state index in [1.54, 1.807) is 12.5 Å². The number of hydrogen-bond acceptors (Lipinski definition) is 4. The predicted octanol–water partition coefficient (Wildman–Crippen LogP) is 1.03. The molecule has 0 bridgehead atoms. The molecule has 3 heterocycles. The summed E-state index contributed by atoms with van der Waals surface area (Å²) in [5.41, 5.74) is 2.98. The highest BCUT2D eigenvalue weighted by Gasteiger charge is 2.16. The number of aromatic nitrogens is 4. The maximum Gasteiger partial charge on any atom is 0.107 e. The van der Waals surface area contributed by atoms with Crippen molar-refractivity contribution in [2.45, 2.75) is 12.8 Å². The lowest BCUT2D eigenvalue weighted by molar-refractivity contribution is 0.570. The van der Waals surface area contributed by atoms with Gasteiger partial charge in [-0.1, -0.05) is 0 Å². The predicted molar refractivity (Wildman–Crippen MR) is 68.9 cm³/mol. The fraction of sp³-hybridized carbons (Fsp3) is 0.462. The summed E-state index contributed by atoms with van der Waals surface area (Å²) >= 11 is 0. The number of nitrogens with zero attached hydrogens (tertiary/aromatic N) is 4. The first-order valence-electron chi connectivity index (χ1n) is 6.31. The second kappa shape index (κ2) is 4.86. The summed E-state index contributed by atoms with van der Waals surface area (Å²) in [6.07, 6.45) is 9.52. The van der Waals surface area contributed by atoms with Crippen molar-refractivity contribution in [3.63, 3.8) is 0 Å². The van der Waals surface area contributed by atoms with E-state index in [1.165, 1.54) is 6.42 Å². The molecule has 94 valence electrons. The molecule has 1 N–H and O–H groups in total. The normalized spacial score (nSPS) is 19.3. The molecule has 3 rings (SSSR count). The van der Waals surface area contributed by atoms with Crippen LogP contribution < -0.4 is 5.32 Å². The summed E-state index contributed by atoms with van der Waals surface area (Å²) in [4.78, 5) is 13.1. The van der Waals surface area contributed by atoms with Crippen molar-refractivity contribution in [2.24, 2.45) is 13.0 Å². The first-order valence-corrected chi connectivity index (χ1v) is 6.31. The van der Waals surface area contributed by atoms with Crippen molar-refractivity contribution in [3.8, 4) is 11.4 Å². The first kappa shape index (κ1) is 11.3. The van der Waals surface area contributed by atoms with Gasteiger partial charge in [-0.2, -0.15) is 0 Å². The Morgan fingerprint density at radius 2 is 2.28 bits per heavy atom. The standard InChI is InChI=1S/C13H17N5/c1-18-9-16-8-13(18)12-7-15-6-11(17-12)4-10-2-3-14-5-10/h6-10,14H,2-5H2,1H3/t10-/m1/s1. The number of rotatable bonds is 3. The molecule has 0 aromatic carbocycles. The van der Waals surface area contributed by atoms with Crippen molar-refractivity contribution in [1.82, 2.24) is 24.8 Å². The van der Waals surface area contributed by atoms with Crippen LogP contribution in [0.3, 0.4) is 0 Å². The Morgan fingerprint density at radius 3 is 3.00 bits per heavy atom. The third-order valence-electron chi connectivity index (χ3n) is 3.42. The van der Waals surface area contributed by atoms with Crippen molar-refractivity contribution in [1.29, 1.82) is 0 Å². The summed E-state index contributed by atoms with van der Waals surface area (Å²) in [5.74, 6) is 0.695. The number of imidazole rings is 1. The maximum absolute atomic E-state index is 4.69. The van der Waals surface area contributed by atoms with Gasteiger partial charge >= 0.3 is 0 Å². The fourth-order valence-corrected chi connectivity index (χ4v) is 2.42. The van der Waals surface area contributed by atoms with E-state index in [4.69, 9.17) is 0 Å². The molecular formula is C13H17N5. The van der Waals surface area contributed by atoms with Gasteiger partial charge < -0.3 is 9.88 Å². The summed E-state index contributed by atoms with van der Waals surface area (Å²) in [7, 11) is 1.97. The molecule has 0 aliphatic carbocycles. The minimum Gasteiger partial charge on any atom is -0.332 e. The Labute approximate surface area is 106 Å². The van der Waals surface area contributed by atoms with E-state index in [2.05, 4.69) is 20.3 Å². The van der Waals surface area contributed by atoms with Gasteiger partial charge in [-0.25, -0.2) is 9.97 Å². The molecular weight excluding hydrogens is 226 g/mol. The third kappa shape index (κ3) is 2.26. The van der Waals surface area contributed by atoms with E-state index in [9.17, 15) is 0 Å². The van der Waals surface area contributed by atoms with Crippen molar-refractivity contribution >= 4 is 0 Å². The minimum atomic E-state index is 0.695. The van der Waals surface area contributed by atoms with E-state index >= 15 is 0 Å². The molecule has 2 aromatic rings. The summed E-state index contributed by atoms with van der Waals surface area (Å²) in [6.45, 7) is 2.22. The van der Waals surface area contributed by atoms with E-state index in [1.807, 2.05) is 24.0 Å². The molecule has 0 saturated carbocycles. The highest BCUT2D eigenvalue weighted by Crippen LogP contribution is 2.17. The zero-order chi connectivity index (χ0) is 12.4. The van der Waals surface area contributed by atoms with Gasteiger partial charge in [0.2, 0.25) is 0 Å². The van der Waals surface area contributed by atoms with Crippen LogP contribution in [-0.4, -0.2) is 32.6 Å². The molecule has 1 aliphatic heterocycles. The molecule has 18 heavy (non-hydrogen) atoms. The molecule has 1 saturated heterocycles. The first-order chi connectivity index (χ1) is 8.83. The fourth-order valence-electron chi connectivity index (χ4n) is 2.42. The van der Waals surface area contributed by atoms with Crippen LogP contribution in [-0.2, 0) is 13.5 Å². The molecule has 0 unspecified atom stereocenters. The highest BCUT2D eigenvalue weighted by atomic mass is 15.0. The van der Waals surface area contributed by atoms with Crippen LogP contribution in [0, 0.1) is 5.92 Å². The molecule has 0 amide bonds. The lowest BCUT2D eigenvalue weighted by Crippen LogP contribution is -2.11. The largest absolute Gasteiger partial charge is 0.332 e. The molecule has 1 aliphatic rings. The van der Waals surface area contributed by atoms with E-state index in [0.29, 0.717) is 5.92 Å². The number of hydrogen-bond donors (Lipinski definition) is 1. The molecule has 1 fully saturated rings. The Hall–Kier alpha value is -1.75. The van der Waals surface area contributed by atoms with Gasteiger partial charge in [0.25, 0.3) is 0 Å². The maximum atomic E-state index is 4.69. The Kier molecular flexibility index (Phi) is 3.06. The molecule has 1 atom stereocenters. The van der Waals surface area contributed by atoms with Gasteiger partial charge in [-0.15, -0.1) is 0 Å². The molecule has 0 radical (unpaired) electrons. The molecule has 0 spiro atoms. The third-order valence-corrected chi connectivity index (χ3v) is 3.42. The quantitative estimate of drug-likeness (QED) is 0.874. The average Bonchev–Trinajstić information content (AvgIpc) is 3.01. The second-order valence-corrected chi connectivity index (χ2v) is 4.85. The van der Waals surface area contributed by atoms with Crippen LogP contribution in [0.4, 0.5) is 0 Å². The average molecular weight is 243 g/mol. The smallest absolute Gasteiger partial charge is 0.107 e. The van der Waals surface area contributed by atoms with Crippen molar-refractivity contribution in [2.75, 3.05) is 13.1 Å². The highest BCUT2D eigenvalue weighted by molar-refractivity contribution is 5.52. The molecule has 5 nitrogen and oxygen atoms in total. The van der Waals surface area contributed by atoms with Crippen molar-refractivity contribution in [3.05, 3.63) is 30.6 Å². The number of nitrogens with one attached hydrogen (secondary N) is 1. The Bertz CT molecular complexity index is 528.